The summed E-state index contributed by atoms with van der Waals surface area (Å²) in [5.74, 6) is -2.14. The maximum Gasteiger partial charge on any atom is 0.335 e. The fourth-order valence-corrected chi connectivity index (χ4v) is 11.0. The van der Waals surface area contributed by atoms with Crippen LogP contribution in [0.25, 0.3) is 25.1 Å². The maximum absolute atomic E-state index is 12.3. The van der Waals surface area contributed by atoms with Crippen LogP contribution in [-0.4, -0.2) is 37.8 Å². The lowest BCUT2D eigenvalue weighted by Gasteiger charge is -2.31. The minimum Gasteiger partial charge on any atom is -0.478 e. The van der Waals surface area contributed by atoms with Gasteiger partial charge in [-0.1, -0.05) is 32.8 Å². The molecule has 2 aliphatic heterocycles. The summed E-state index contributed by atoms with van der Waals surface area (Å²) in [6.07, 6.45) is 15.0. The van der Waals surface area contributed by atoms with Gasteiger partial charge in [-0.3, -0.25) is 15.0 Å². The first-order chi connectivity index (χ1) is 24.5. The number of dihydropyridines is 1. The molecular formula is C41H41N3O4S3. The van der Waals surface area contributed by atoms with Crippen molar-refractivity contribution in [1.82, 2.24) is 9.97 Å². The molecule has 7 nitrogen and oxygen atoms in total. The van der Waals surface area contributed by atoms with Crippen LogP contribution in [0.1, 0.15) is 110 Å². The predicted octanol–water partition coefficient (Wildman–Crippen LogP) is 10.8. The van der Waals surface area contributed by atoms with E-state index in [1.807, 2.05) is 41.4 Å². The quantitative estimate of drug-likeness (QED) is 0.131. The Morgan fingerprint density at radius 1 is 0.882 bits per heavy atom. The van der Waals surface area contributed by atoms with Gasteiger partial charge >= 0.3 is 11.9 Å². The molecule has 1 aromatic carbocycles. The molecular weight excluding hydrogens is 695 g/mol. The van der Waals surface area contributed by atoms with Crippen LogP contribution in [0.15, 0.2) is 76.9 Å². The highest BCUT2D eigenvalue weighted by Gasteiger charge is 2.38. The standard InChI is InChI=1S/C41H41N3O4S3/c1-5-7-9-27-28-14-18-49-36(28)29(10-8-6-2)37-30(27)22-34(50-37)33-11-15-41(4,51-33)26-13-17-43-35(21-26)40(3)23-25(39(47)48)20-32(44-40)31-19-24(38(45)46)12-16-42-31/h11-14,16-22H,5-10,15,23H2,1-4H3,(H,45,46)(H,47,48). The zero-order chi connectivity index (χ0) is 35.9. The fraction of sp³-hybridized carbons (Fsp3) is 0.341. The van der Waals surface area contributed by atoms with Crippen molar-refractivity contribution >= 4 is 77.2 Å². The summed E-state index contributed by atoms with van der Waals surface area (Å²) in [5.41, 5.74) is 4.64. The van der Waals surface area contributed by atoms with E-state index in [2.05, 4.69) is 61.5 Å². The Morgan fingerprint density at radius 3 is 2.39 bits per heavy atom. The molecule has 0 fully saturated rings. The second kappa shape index (κ2) is 14.1. The lowest BCUT2D eigenvalue weighted by molar-refractivity contribution is -0.133. The summed E-state index contributed by atoms with van der Waals surface area (Å²) in [6.45, 7) is 8.69. The molecule has 10 heteroatoms. The zero-order valence-corrected chi connectivity index (χ0v) is 31.7. The Bertz CT molecular complexity index is 2220. The average Bonchev–Trinajstić information content (AvgIpc) is 3.89. The third-order valence-electron chi connectivity index (χ3n) is 10.1. The topological polar surface area (TPSA) is 113 Å². The summed E-state index contributed by atoms with van der Waals surface area (Å²) in [6, 6.07) is 11.7. The number of carboxylic acids is 2. The second-order valence-electron chi connectivity index (χ2n) is 13.9. The molecule has 0 amide bonds. The number of aromatic carboxylic acids is 1. The van der Waals surface area contributed by atoms with E-state index in [1.165, 1.54) is 91.2 Å². The molecule has 2 N–H and O–H groups in total. The van der Waals surface area contributed by atoms with Crippen LogP contribution < -0.4 is 0 Å². The first kappa shape index (κ1) is 35.3. The van der Waals surface area contributed by atoms with Gasteiger partial charge in [0.05, 0.1) is 22.7 Å². The number of aromatic nitrogens is 2. The molecule has 2 unspecified atom stereocenters. The maximum atomic E-state index is 12.3. The number of hydrogen-bond acceptors (Lipinski definition) is 8. The van der Waals surface area contributed by atoms with Gasteiger partial charge in [-0.05, 0) is 121 Å². The minimum atomic E-state index is -1.09. The van der Waals surface area contributed by atoms with Gasteiger partial charge in [-0.15, -0.1) is 34.4 Å². The van der Waals surface area contributed by atoms with Gasteiger partial charge in [0.25, 0.3) is 0 Å². The largest absolute Gasteiger partial charge is 0.478 e. The smallest absolute Gasteiger partial charge is 0.335 e. The van der Waals surface area contributed by atoms with Gasteiger partial charge < -0.3 is 10.2 Å². The molecule has 0 saturated heterocycles. The average molecular weight is 736 g/mol. The lowest BCUT2D eigenvalue weighted by Crippen LogP contribution is -2.30. The minimum absolute atomic E-state index is 0.0580. The van der Waals surface area contributed by atoms with Crippen LogP contribution in [0.5, 0.6) is 0 Å². The number of thioether (sulfide) groups is 1. The first-order valence-electron chi connectivity index (χ1n) is 17.6. The normalized spacial score (nSPS) is 20.4. The SMILES string of the molecule is CCCCc1c2ccsc2c(CCCC)c2sc(C3=CCC(C)(c4ccnc(C5(C)CC(C(=O)O)=CC(c6cc(C(=O)O)ccn6)=N5)c4)S3)cc12. The number of benzene rings is 1. The summed E-state index contributed by atoms with van der Waals surface area (Å²) >= 11 is 5.72. The van der Waals surface area contributed by atoms with Crippen LogP contribution in [-0.2, 0) is 27.9 Å². The Kier molecular flexibility index (Phi) is 9.78. The van der Waals surface area contributed by atoms with Crippen molar-refractivity contribution in [2.45, 2.75) is 89.3 Å². The molecule has 4 aromatic heterocycles. The van der Waals surface area contributed by atoms with E-state index in [9.17, 15) is 19.8 Å². The number of unbranched alkanes of at least 4 members (excludes halogenated alkanes) is 2. The highest BCUT2D eigenvalue weighted by atomic mass is 32.2. The molecule has 262 valence electrons. The zero-order valence-electron chi connectivity index (χ0n) is 29.3. The fourth-order valence-electron chi connectivity index (χ4n) is 7.23. The molecule has 2 atom stereocenters. The van der Waals surface area contributed by atoms with Gasteiger partial charge in [0.2, 0.25) is 0 Å². The number of aliphatic carboxylic acids is 1. The van der Waals surface area contributed by atoms with E-state index in [0.29, 0.717) is 17.1 Å². The van der Waals surface area contributed by atoms with E-state index >= 15 is 0 Å². The van der Waals surface area contributed by atoms with E-state index in [4.69, 9.17) is 9.98 Å². The van der Waals surface area contributed by atoms with Crippen LogP contribution in [0.2, 0.25) is 0 Å². The van der Waals surface area contributed by atoms with Crippen LogP contribution in [0.4, 0.5) is 0 Å². The number of rotatable bonds is 12. The molecule has 0 bridgehead atoms. The molecule has 5 aromatic rings. The Balaban J connectivity index is 1.22. The Morgan fingerprint density at radius 2 is 1.65 bits per heavy atom. The van der Waals surface area contributed by atoms with Gasteiger partial charge in [0.15, 0.2) is 0 Å². The number of hydrogen-bond donors (Lipinski definition) is 2. The van der Waals surface area contributed by atoms with Crippen LogP contribution in [0, 0.1) is 0 Å². The molecule has 0 spiro atoms. The van der Waals surface area contributed by atoms with E-state index in [-0.39, 0.29) is 22.3 Å². The van der Waals surface area contributed by atoms with Crippen molar-refractivity contribution in [2.75, 3.05) is 0 Å². The van der Waals surface area contributed by atoms with Crippen LogP contribution in [0.3, 0.4) is 0 Å². The van der Waals surface area contributed by atoms with E-state index < -0.39 is 17.5 Å². The van der Waals surface area contributed by atoms with Gasteiger partial charge in [0.1, 0.15) is 5.54 Å². The van der Waals surface area contributed by atoms with Gasteiger partial charge in [-0.2, -0.15) is 0 Å². The number of fused-ring (bicyclic) bond motifs is 2. The molecule has 7 rings (SSSR count). The van der Waals surface area contributed by atoms with Crippen molar-refractivity contribution in [3.63, 3.8) is 0 Å². The van der Waals surface area contributed by atoms with Crippen molar-refractivity contribution < 1.29 is 19.8 Å². The number of aliphatic imine (C=N–C) groups is 1. The van der Waals surface area contributed by atoms with Crippen LogP contribution >= 0.6 is 34.4 Å². The van der Waals surface area contributed by atoms with Crippen molar-refractivity contribution in [3.05, 3.63) is 110 Å². The summed E-state index contributed by atoms with van der Waals surface area (Å²) in [7, 11) is 0. The second-order valence-corrected chi connectivity index (χ2v) is 17.4. The number of thiophene rings is 2. The van der Waals surface area contributed by atoms with E-state index in [1.54, 1.807) is 6.20 Å². The Hall–Kier alpha value is -4.12. The van der Waals surface area contributed by atoms with Gasteiger partial charge in [0, 0.05) is 48.3 Å². The van der Waals surface area contributed by atoms with E-state index in [0.717, 1.165) is 24.8 Å². The van der Waals surface area contributed by atoms with Crippen molar-refractivity contribution in [2.24, 2.45) is 4.99 Å². The summed E-state index contributed by atoms with van der Waals surface area (Å²) < 4.78 is 2.66. The number of carbonyl (C=O) groups is 2. The highest BCUT2D eigenvalue weighted by Crippen LogP contribution is 2.55. The number of carboxylic acid groups (broad SMARTS) is 2. The molecule has 0 radical (unpaired) electrons. The highest BCUT2D eigenvalue weighted by molar-refractivity contribution is 8.09. The number of nitrogens with zero attached hydrogens (tertiary/aromatic N) is 3. The lowest BCUT2D eigenvalue weighted by atomic mass is 9.84. The summed E-state index contributed by atoms with van der Waals surface area (Å²) in [4.78, 5) is 40.7. The third kappa shape index (κ3) is 6.69. The number of allylic oxidation sites excluding steroid dienone is 2. The predicted molar refractivity (Wildman–Crippen MR) is 212 cm³/mol. The van der Waals surface area contributed by atoms with Crippen molar-refractivity contribution in [3.8, 4) is 0 Å². The molecule has 0 saturated carbocycles. The molecule has 0 aliphatic carbocycles. The molecule has 51 heavy (non-hydrogen) atoms. The monoisotopic (exact) mass is 735 g/mol. The number of pyridine rings is 2. The first-order valence-corrected chi connectivity index (χ1v) is 20.1. The molecule has 6 heterocycles. The molecule has 2 aliphatic rings. The third-order valence-corrected chi connectivity index (χ3v) is 13.9. The van der Waals surface area contributed by atoms with Crippen molar-refractivity contribution in [1.29, 1.82) is 0 Å². The number of aryl methyl sites for hydroxylation is 2. The summed E-state index contributed by atoms with van der Waals surface area (Å²) in [5, 5.41) is 24.7. The Labute approximate surface area is 310 Å². The van der Waals surface area contributed by atoms with Gasteiger partial charge in [-0.25, -0.2) is 9.59 Å².